The molecule has 0 unspecified atom stereocenters. The van der Waals surface area contributed by atoms with Crippen LogP contribution in [0.2, 0.25) is 0 Å². The van der Waals surface area contributed by atoms with Gasteiger partial charge in [0.15, 0.2) is 0 Å². The van der Waals surface area contributed by atoms with E-state index in [4.69, 9.17) is 20.9 Å². The third kappa shape index (κ3) is 4.83. The van der Waals surface area contributed by atoms with Crippen molar-refractivity contribution in [2.75, 3.05) is 0 Å². The summed E-state index contributed by atoms with van der Waals surface area (Å²) in [5.41, 5.74) is 10.0. The Balaban J connectivity index is 3.33. The summed E-state index contributed by atoms with van der Waals surface area (Å²) in [6.45, 7) is 1.72. The molecule has 0 bridgehead atoms. The van der Waals surface area contributed by atoms with Crippen LogP contribution in [0.5, 0.6) is 0 Å². The van der Waals surface area contributed by atoms with Gasteiger partial charge in [0.2, 0.25) is 6.29 Å². The average Bonchev–Trinajstić information content (AvgIpc) is 1.97. The summed E-state index contributed by atoms with van der Waals surface area (Å²) in [4.78, 5) is 0. The van der Waals surface area contributed by atoms with Gasteiger partial charge >= 0.3 is 0 Å². The zero-order chi connectivity index (χ0) is 7.82. The van der Waals surface area contributed by atoms with Gasteiger partial charge in [-0.15, -0.1) is 0 Å². The highest BCUT2D eigenvalue weighted by Crippen LogP contribution is 1.92. The van der Waals surface area contributed by atoms with E-state index in [1.54, 1.807) is 6.92 Å². The highest BCUT2D eigenvalue weighted by molar-refractivity contribution is 4.66. The Morgan fingerprint density at radius 2 is 1.50 bits per heavy atom. The van der Waals surface area contributed by atoms with Crippen LogP contribution in [0.3, 0.4) is 0 Å². The summed E-state index contributed by atoms with van der Waals surface area (Å²) in [7, 11) is 0. The zero-order valence-electron chi connectivity index (χ0n) is 5.86. The fourth-order valence-corrected chi connectivity index (χ4v) is 0.344. The van der Waals surface area contributed by atoms with Gasteiger partial charge < -0.3 is 20.9 Å². The molecule has 0 fully saturated rings. The van der Waals surface area contributed by atoms with E-state index in [0.29, 0.717) is 0 Å². The lowest BCUT2D eigenvalue weighted by molar-refractivity contribution is -0.0462. The number of ether oxygens (including phenoxy) is 2. The van der Waals surface area contributed by atoms with E-state index in [1.807, 2.05) is 0 Å². The van der Waals surface area contributed by atoms with Crippen LogP contribution in [0.25, 0.3) is 0 Å². The van der Waals surface area contributed by atoms with Gasteiger partial charge in [0.1, 0.15) is 12.5 Å². The van der Waals surface area contributed by atoms with Crippen LogP contribution < -0.4 is 11.5 Å². The third-order valence-electron chi connectivity index (χ3n) is 0.698. The highest BCUT2D eigenvalue weighted by Gasteiger charge is 1.93. The van der Waals surface area contributed by atoms with Crippen LogP contribution in [-0.4, -0.2) is 6.29 Å². The first-order valence-electron chi connectivity index (χ1n) is 2.85. The van der Waals surface area contributed by atoms with Crippen LogP contribution in [0.15, 0.2) is 24.9 Å². The van der Waals surface area contributed by atoms with Gasteiger partial charge in [0.05, 0.1) is 0 Å². The van der Waals surface area contributed by atoms with Gasteiger partial charge in [-0.25, -0.2) is 0 Å². The highest BCUT2D eigenvalue weighted by atomic mass is 16.7. The molecule has 0 aliphatic heterocycles. The van der Waals surface area contributed by atoms with Crippen molar-refractivity contribution in [3.63, 3.8) is 0 Å². The normalized spacial score (nSPS) is 14.1. The smallest absolute Gasteiger partial charge is 0.236 e. The van der Waals surface area contributed by atoms with Crippen LogP contribution >= 0.6 is 0 Å². The molecule has 0 saturated carbocycles. The van der Waals surface area contributed by atoms with Crippen LogP contribution in [0.4, 0.5) is 0 Å². The largest absolute Gasteiger partial charge is 0.461 e. The molecule has 0 atom stereocenters. The topological polar surface area (TPSA) is 70.5 Å². The minimum atomic E-state index is -0.361. The molecule has 0 rings (SSSR count). The van der Waals surface area contributed by atoms with E-state index in [2.05, 4.69) is 0 Å². The van der Waals surface area contributed by atoms with Crippen molar-refractivity contribution in [2.45, 2.75) is 13.2 Å². The molecule has 4 N–H and O–H groups in total. The lowest BCUT2D eigenvalue weighted by Gasteiger charge is -2.08. The summed E-state index contributed by atoms with van der Waals surface area (Å²) in [6, 6.07) is 0. The zero-order valence-corrected chi connectivity index (χ0v) is 5.86. The molecule has 0 aromatic carbocycles. The fraction of sp³-hybridized carbons (Fsp3) is 0.333. The third-order valence-corrected chi connectivity index (χ3v) is 0.698. The van der Waals surface area contributed by atoms with Crippen molar-refractivity contribution in [3.05, 3.63) is 24.9 Å². The van der Waals surface area contributed by atoms with Crippen molar-refractivity contribution < 1.29 is 9.47 Å². The second kappa shape index (κ2) is 5.81. The summed E-state index contributed by atoms with van der Waals surface area (Å²) in [5.74, 6) is 0. The molecule has 0 radical (unpaired) electrons. The van der Waals surface area contributed by atoms with Crippen LogP contribution in [0.1, 0.15) is 6.92 Å². The minimum absolute atomic E-state index is 0.361. The molecule has 0 aliphatic rings. The molecule has 0 saturated heterocycles. The average molecular weight is 144 g/mol. The molecular formula is C6H12N2O2. The second-order valence-corrected chi connectivity index (χ2v) is 1.50. The van der Waals surface area contributed by atoms with Gasteiger partial charge in [-0.2, -0.15) is 0 Å². The van der Waals surface area contributed by atoms with Crippen molar-refractivity contribution in [2.24, 2.45) is 11.5 Å². The lowest BCUT2D eigenvalue weighted by Crippen LogP contribution is -2.05. The van der Waals surface area contributed by atoms with E-state index in [0.717, 1.165) is 0 Å². The van der Waals surface area contributed by atoms with Gasteiger partial charge in [0.25, 0.3) is 0 Å². The predicted octanol–water partition coefficient (Wildman–Crippen LogP) is 0.225. The molecule has 0 heterocycles. The van der Waals surface area contributed by atoms with Crippen molar-refractivity contribution in [1.82, 2.24) is 0 Å². The molecular weight excluding hydrogens is 132 g/mol. The molecule has 0 aromatic heterocycles. The van der Waals surface area contributed by atoms with Crippen LogP contribution in [0, 0.1) is 0 Å². The quantitative estimate of drug-likeness (QED) is 0.437. The molecule has 0 spiro atoms. The monoisotopic (exact) mass is 144 g/mol. The summed E-state index contributed by atoms with van der Waals surface area (Å²) >= 11 is 0. The van der Waals surface area contributed by atoms with E-state index < -0.39 is 0 Å². The molecule has 0 aliphatic carbocycles. The maximum Gasteiger partial charge on any atom is 0.236 e. The molecule has 58 valence electrons. The Labute approximate surface area is 60.1 Å². The molecule has 10 heavy (non-hydrogen) atoms. The van der Waals surface area contributed by atoms with Gasteiger partial charge in [-0.3, -0.25) is 0 Å². The van der Waals surface area contributed by atoms with E-state index >= 15 is 0 Å². The summed E-state index contributed by atoms with van der Waals surface area (Å²) in [6.07, 6.45) is 4.89. The van der Waals surface area contributed by atoms with Gasteiger partial charge in [-0.05, 0) is 0 Å². The summed E-state index contributed by atoms with van der Waals surface area (Å²) < 4.78 is 9.72. The summed E-state index contributed by atoms with van der Waals surface area (Å²) in [5, 5.41) is 0. The number of hydrogen-bond donors (Lipinski definition) is 2. The second-order valence-electron chi connectivity index (χ2n) is 1.50. The molecule has 0 amide bonds. The molecule has 4 heteroatoms. The predicted molar refractivity (Wildman–Crippen MR) is 38.3 cm³/mol. The Hall–Kier alpha value is -1.32. The van der Waals surface area contributed by atoms with Crippen molar-refractivity contribution >= 4 is 0 Å². The minimum Gasteiger partial charge on any atom is -0.461 e. The van der Waals surface area contributed by atoms with E-state index in [9.17, 15) is 0 Å². The first kappa shape index (κ1) is 8.68. The number of hydrogen-bond acceptors (Lipinski definition) is 4. The maximum atomic E-state index is 5.00. The first-order valence-corrected chi connectivity index (χ1v) is 2.85. The van der Waals surface area contributed by atoms with Crippen LogP contribution in [-0.2, 0) is 9.47 Å². The Morgan fingerprint density at radius 1 is 1.10 bits per heavy atom. The molecule has 4 nitrogen and oxygen atoms in total. The Morgan fingerprint density at radius 3 is 1.80 bits per heavy atom. The number of rotatable bonds is 4. The van der Waals surface area contributed by atoms with Gasteiger partial charge in [-0.1, -0.05) is 0 Å². The fourth-order valence-electron chi connectivity index (χ4n) is 0.344. The Kier molecular flexibility index (Phi) is 5.04. The lowest BCUT2D eigenvalue weighted by atomic mass is 10.7. The van der Waals surface area contributed by atoms with Gasteiger partial charge in [0, 0.05) is 19.3 Å². The first-order chi connectivity index (χ1) is 4.81. The van der Waals surface area contributed by atoms with E-state index in [-0.39, 0.29) is 6.29 Å². The molecule has 0 aromatic rings. The van der Waals surface area contributed by atoms with Crippen molar-refractivity contribution in [1.29, 1.82) is 0 Å². The maximum absolute atomic E-state index is 5.00. The Bertz CT molecular complexity index is 109. The van der Waals surface area contributed by atoms with E-state index in [1.165, 1.54) is 24.9 Å². The SMILES string of the molecule is CC(OC=CN)OC=CN. The number of nitrogens with two attached hydrogens (primary N) is 2. The van der Waals surface area contributed by atoms with Crippen molar-refractivity contribution in [3.8, 4) is 0 Å². The standard InChI is InChI=1S/C6H12N2O2/c1-6(9-4-2-7)10-5-3-8/h2-6H,7-8H2,1H3.